The van der Waals surface area contributed by atoms with Crippen LogP contribution in [-0.4, -0.2) is 40.5 Å². The highest BCUT2D eigenvalue weighted by molar-refractivity contribution is 5.79. The second kappa shape index (κ2) is 7.39. The summed E-state index contributed by atoms with van der Waals surface area (Å²) in [5, 5.41) is 0. The molecule has 1 aliphatic heterocycles. The van der Waals surface area contributed by atoms with Crippen molar-refractivity contribution < 1.29 is 9.53 Å². The van der Waals surface area contributed by atoms with Gasteiger partial charge >= 0.3 is 0 Å². The minimum Gasteiger partial charge on any atom is -0.377 e. The van der Waals surface area contributed by atoms with E-state index in [2.05, 4.69) is 9.88 Å². The Kier molecular flexibility index (Phi) is 5.26. The summed E-state index contributed by atoms with van der Waals surface area (Å²) >= 11 is 0. The molecule has 1 saturated heterocycles. The first kappa shape index (κ1) is 16.4. The number of aromatic nitrogens is 2. The molecule has 0 bridgehead atoms. The lowest BCUT2D eigenvalue weighted by Gasteiger charge is -2.37. The number of hydrogen-bond acceptors (Lipinski definition) is 4. The SMILES string of the molecule is CCOCc1cnc(C)nc1C1CCCN(C(=O)C2CCC2)C1. The Hall–Kier alpha value is -1.49. The van der Waals surface area contributed by atoms with E-state index in [1.165, 1.54) is 6.42 Å². The highest BCUT2D eigenvalue weighted by Gasteiger charge is 2.33. The van der Waals surface area contributed by atoms with Crippen molar-refractivity contribution in [2.45, 2.75) is 58.5 Å². The fraction of sp³-hybridized carbons (Fsp3) is 0.722. The molecule has 2 heterocycles. The first-order valence-corrected chi connectivity index (χ1v) is 8.88. The van der Waals surface area contributed by atoms with Crippen LogP contribution in [0.4, 0.5) is 0 Å². The van der Waals surface area contributed by atoms with Gasteiger partial charge < -0.3 is 9.64 Å². The van der Waals surface area contributed by atoms with Gasteiger partial charge in [-0.15, -0.1) is 0 Å². The molecule has 0 spiro atoms. The van der Waals surface area contributed by atoms with E-state index in [1.807, 2.05) is 20.0 Å². The van der Waals surface area contributed by atoms with Crippen molar-refractivity contribution in [1.29, 1.82) is 0 Å². The number of carbonyl (C=O) groups is 1. The molecule has 23 heavy (non-hydrogen) atoms. The van der Waals surface area contributed by atoms with Gasteiger partial charge in [-0.1, -0.05) is 6.42 Å². The fourth-order valence-electron chi connectivity index (χ4n) is 3.50. The highest BCUT2D eigenvalue weighted by Crippen LogP contribution is 2.33. The molecule has 0 N–H and O–H groups in total. The second-order valence-corrected chi connectivity index (χ2v) is 6.72. The molecule has 2 aliphatic rings. The van der Waals surface area contributed by atoms with Crippen LogP contribution in [0.25, 0.3) is 0 Å². The molecule has 1 aromatic heterocycles. The third-order valence-corrected chi connectivity index (χ3v) is 5.05. The number of rotatable bonds is 5. The van der Waals surface area contributed by atoms with Crippen LogP contribution in [0.2, 0.25) is 0 Å². The van der Waals surface area contributed by atoms with Crippen molar-refractivity contribution >= 4 is 5.91 Å². The van der Waals surface area contributed by atoms with E-state index in [0.29, 0.717) is 25.0 Å². The van der Waals surface area contributed by atoms with Crippen LogP contribution < -0.4 is 0 Å². The van der Waals surface area contributed by atoms with E-state index in [1.54, 1.807) is 0 Å². The summed E-state index contributed by atoms with van der Waals surface area (Å²) in [4.78, 5) is 23.6. The molecule has 3 rings (SSSR count). The third kappa shape index (κ3) is 3.71. The second-order valence-electron chi connectivity index (χ2n) is 6.72. The molecule has 0 aromatic carbocycles. The number of likely N-dealkylation sites (tertiary alicyclic amines) is 1. The number of ether oxygens (including phenoxy) is 1. The number of amides is 1. The molecule has 0 radical (unpaired) electrons. The van der Waals surface area contributed by atoms with Crippen molar-refractivity contribution in [2.24, 2.45) is 5.92 Å². The predicted molar refractivity (Wildman–Crippen MR) is 88.0 cm³/mol. The Bertz CT molecular complexity index is 557. The average molecular weight is 317 g/mol. The molecule has 1 saturated carbocycles. The summed E-state index contributed by atoms with van der Waals surface area (Å²) in [6, 6.07) is 0. The summed E-state index contributed by atoms with van der Waals surface area (Å²) in [5.41, 5.74) is 2.15. The standard InChI is InChI=1S/C18H27N3O2/c1-3-23-12-16-10-19-13(2)20-17(16)15-8-5-9-21(11-15)18(22)14-6-4-7-14/h10,14-15H,3-9,11-12H2,1-2H3. The van der Waals surface area contributed by atoms with Gasteiger partial charge in [-0.3, -0.25) is 4.79 Å². The lowest BCUT2D eigenvalue weighted by molar-refractivity contribution is -0.139. The molecule has 1 atom stereocenters. The molecular weight excluding hydrogens is 290 g/mol. The Labute approximate surface area is 138 Å². The molecule has 1 amide bonds. The number of aryl methyl sites for hydroxylation is 1. The lowest BCUT2D eigenvalue weighted by Crippen LogP contribution is -2.44. The molecule has 1 aliphatic carbocycles. The Morgan fingerprint density at radius 2 is 2.17 bits per heavy atom. The van der Waals surface area contributed by atoms with Gasteiger partial charge in [0.2, 0.25) is 5.91 Å². The quantitative estimate of drug-likeness (QED) is 0.838. The first-order chi connectivity index (χ1) is 11.2. The zero-order valence-corrected chi connectivity index (χ0v) is 14.3. The maximum absolute atomic E-state index is 12.5. The van der Waals surface area contributed by atoms with Gasteiger partial charge in [-0.05, 0) is 39.5 Å². The van der Waals surface area contributed by atoms with Crippen LogP contribution in [0.1, 0.15) is 62.0 Å². The molecule has 5 heteroatoms. The Balaban J connectivity index is 1.74. The predicted octanol–water partition coefficient (Wildman–Crippen LogP) is 2.83. The van der Waals surface area contributed by atoms with Crippen LogP contribution in [0.3, 0.4) is 0 Å². The zero-order chi connectivity index (χ0) is 16.2. The van der Waals surface area contributed by atoms with Crippen molar-refractivity contribution in [2.75, 3.05) is 19.7 Å². The van der Waals surface area contributed by atoms with E-state index in [0.717, 1.165) is 55.9 Å². The van der Waals surface area contributed by atoms with Crippen molar-refractivity contribution in [3.05, 3.63) is 23.3 Å². The maximum Gasteiger partial charge on any atom is 0.225 e. The Morgan fingerprint density at radius 3 is 2.87 bits per heavy atom. The summed E-state index contributed by atoms with van der Waals surface area (Å²) in [7, 11) is 0. The molecule has 5 nitrogen and oxygen atoms in total. The van der Waals surface area contributed by atoms with E-state index in [-0.39, 0.29) is 5.92 Å². The number of hydrogen-bond donors (Lipinski definition) is 0. The summed E-state index contributed by atoms with van der Waals surface area (Å²) in [5.74, 6) is 1.74. The van der Waals surface area contributed by atoms with Gasteiger partial charge in [0.15, 0.2) is 0 Å². The topological polar surface area (TPSA) is 55.3 Å². The average Bonchev–Trinajstić information content (AvgIpc) is 2.52. The lowest BCUT2D eigenvalue weighted by atomic mass is 9.83. The number of piperidine rings is 1. The van der Waals surface area contributed by atoms with E-state index in [4.69, 9.17) is 9.72 Å². The fourth-order valence-corrected chi connectivity index (χ4v) is 3.50. The summed E-state index contributed by atoms with van der Waals surface area (Å²) < 4.78 is 5.57. The van der Waals surface area contributed by atoms with E-state index in [9.17, 15) is 4.79 Å². The molecule has 1 aromatic rings. The molecular formula is C18H27N3O2. The Morgan fingerprint density at radius 1 is 1.35 bits per heavy atom. The largest absolute Gasteiger partial charge is 0.377 e. The smallest absolute Gasteiger partial charge is 0.225 e. The van der Waals surface area contributed by atoms with Crippen LogP contribution in [-0.2, 0) is 16.1 Å². The molecule has 1 unspecified atom stereocenters. The van der Waals surface area contributed by atoms with Gasteiger partial charge in [-0.2, -0.15) is 0 Å². The molecule has 2 fully saturated rings. The zero-order valence-electron chi connectivity index (χ0n) is 14.3. The summed E-state index contributed by atoms with van der Waals surface area (Å²) in [6.07, 6.45) is 7.38. The van der Waals surface area contributed by atoms with Crippen molar-refractivity contribution in [1.82, 2.24) is 14.9 Å². The highest BCUT2D eigenvalue weighted by atomic mass is 16.5. The van der Waals surface area contributed by atoms with Crippen molar-refractivity contribution in [3.63, 3.8) is 0 Å². The van der Waals surface area contributed by atoms with Crippen molar-refractivity contribution in [3.8, 4) is 0 Å². The minimum atomic E-state index is 0.281. The number of carbonyl (C=O) groups excluding carboxylic acids is 1. The van der Waals surface area contributed by atoms with E-state index >= 15 is 0 Å². The van der Waals surface area contributed by atoms with Crippen LogP contribution in [0.5, 0.6) is 0 Å². The van der Waals surface area contributed by atoms with Crippen LogP contribution in [0.15, 0.2) is 6.20 Å². The monoisotopic (exact) mass is 317 g/mol. The van der Waals surface area contributed by atoms with Gasteiger partial charge in [0.05, 0.1) is 12.3 Å². The normalized spacial score (nSPS) is 22.0. The first-order valence-electron chi connectivity index (χ1n) is 8.88. The molecule has 126 valence electrons. The van der Waals surface area contributed by atoms with Crippen LogP contribution >= 0.6 is 0 Å². The van der Waals surface area contributed by atoms with Crippen LogP contribution in [0, 0.1) is 12.8 Å². The third-order valence-electron chi connectivity index (χ3n) is 5.05. The van der Waals surface area contributed by atoms with Gasteiger partial charge in [0.1, 0.15) is 5.82 Å². The van der Waals surface area contributed by atoms with Gasteiger partial charge in [0.25, 0.3) is 0 Å². The summed E-state index contributed by atoms with van der Waals surface area (Å²) in [6.45, 7) is 6.85. The van der Waals surface area contributed by atoms with E-state index < -0.39 is 0 Å². The van der Waals surface area contributed by atoms with Gasteiger partial charge in [-0.25, -0.2) is 9.97 Å². The minimum absolute atomic E-state index is 0.281. The number of nitrogens with zero attached hydrogens (tertiary/aromatic N) is 3. The van der Waals surface area contributed by atoms with Gasteiger partial charge in [0, 0.05) is 43.3 Å². The maximum atomic E-state index is 12.5.